The molecule has 0 bridgehead atoms. The fourth-order valence-corrected chi connectivity index (χ4v) is 2.35. The summed E-state index contributed by atoms with van der Waals surface area (Å²) in [7, 11) is 1.91. The highest BCUT2D eigenvalue weighted by Gasteiger charge is 2.21. The molecule has 0 atom stereocenters. The van der Waals surface area contributed by atoms with Crippen molar-refractivity contribution in [1.82, 2.24) is 10.2 Å². The molecule has 0 aromatic carbocycles. The zero-order valence-corrected chi connectivity index (χ0v) is 12.1. The topological polar surface area (TPSA) is 41.6 Å². The fraction of sp³-hybridized carbons (Fsp3) is 0.929. The number of ether oxygens (including phenoxy) is 1. The van der Waals surface area contributed by atoms with Crippen molar-refractivity contribution in [2.45, 2.75) is 64.5 Å². The standard InChI is InChI=1S/C14H28N2O2/c1-12(2)18-11-7-10-15-14(17)16(3)13-8-5-4-6-9-13/h12-13H,4-11H2,1-3H3,(H,15,17). The van der Waals surface area contributed by atoms with Crippen molar-refractivity contribution in [3.8, 4) is 0 Å². The summed E-state index contributed by atoms with van der Waals surface area (Å²) in [4.78, 5) is 13.8. The molecule has 4 heteroatoms. The van der Waals surface area contributed by atoms with Gasteiger partial charge in [-0.1, -0.05) is 19.3 Å². The molecule has 1 fully saturated rings. The monoisotopic (exact) mass is 256 g/mol. The Bertz CT molecular complexity index is 238. The summed E-state index contributed by atoms with van der Waals surface area (Å²) >= 11 is 0. The van der Waals surface area contributed by atoms with Gasteiger partial charge in [0, 0.05) is 26.2 Å². The molecule has 1 aliphatic rings. The van der Waals surface area contributed by atoms with E-state index in [1.54, 1.807) is 0 Å². The number of amides is 2. The SMILES string of the molecule is CC(C)OCCCNC(=O)N(C)C1CCCCC1. The average molecular weight is 256 g/mol. The van der Waals surface area contributed by atoms with Crippen LogP contribution in [0.2, 0.25) is 0 Å². The van der Waals surface area contributed by atoms with Crippen LogP contribution in [0.25, 0.3) is 0 Å². The highest BCUT2D eigenvalue weighted by molar-refractivity contribution is 5.74. The van der Waals surface area contributed by atoms with Crippen molar-refractivity contribution >= 4 is 6.03 Å². The van der Waals surface area contributed by atoms with E-state index in [4.69, 9.17) is 4.74 Å². The summed E-state index contributed by atoms with van der Waals surface area (Å²) in [5.41, 5.74) is 0. The lowest BCUT2D eigenvalue weighted by Crippen LogP contribution is -2.44. The van der Waals surface area contributed by atoms with Gasteiger partial charge in [-0.25, -0.2) is 4.79 Å². The number of hydrogen-bond donors (Lipinski definition) is 1. The third-order valence-electron chi connectivity index (χ3n) is 3.49. The van der Waals surface area contributed by atoms with E-state index in [1.807, 2.05) is 25.8 Å². The maximum atomic E-state index is 11.9. The molecule has 0 radical (unpaired) electrons. The Kier molecular flexibility index (Phi) is 7.09. The lowest BCUT2D eigenvalue weighted by molar-refractivity contribution is 0.0770. The van der Waals surface area contributed by atoms with Gasteiger partial charge >= 0.3 is 6.03 Å². The molecule has 2 amide bonds. The van der Waals surface area contributed by atoms with Crippen molar-refractivity contribution in [2.24, 2.45) is 0 Å². The average Bonchev–Trinajstić information content (AvgIpc) is 2.38. The van der Waals surface area contributed by atoms with Crippen LogP contribution >= 0.6 is 0 Å². The van der Waals surface area contributed by atoms with Crippen LogP contribution in [0.5, 0.6) is 0 Å². The predicted octanol–water partition coefficient (Wildman–Crippen LogP) is 2.78. The number of carbonyl (C=O) groups is 1. The van der Waals surface area contributed by atoms with Gasteiger partial charge in [0.15, 0.2) is 0 Å². The molecule has 18 heavy (non-hydrogen) atoms. The molecule has 0 aromatic heterocycles. The summed E-state index contributed by atoms with van der Waals surface area (Å²) in [6, 6.07) is 0.497. The maximum Gasteiger partial charge on any atom is 0.317 e. The largest absolute Gasteiger partial charge is 0.379 e. The normalized spacial score (nSPS) is 16.9. The highest BCUT2D eigenvalue weighted by atomic mass is 16.5. The van der Waals surface area contributed by atoms with Crippen molar-refractivity contribution < 1.29 is 9.53 Å². The number of carbonyl (C=O) groups excluding carboxylic acids is 1. The molecule has 0 unspecified atom stereocenters. The van der Waals surface area contributed by atoms with Gasteiger partial charge in [-0.05, 0) is 33.1 Å². The third-order valence-corrected chi connectivity index (χ3v) is 3.49. The summed E-state index contributed by atoms with van der Waals surface area (Å²) in [5, 5.41) is 2.96. The zero-order chi connectivity index (χ0) is 13.4. The summed E-state index contributed by atoms with van der Waals surface area (Å²) in [6.07, 6.45) is 7.28. The van der Waals surface area contributed by atoms with Crippen molar-refractivity contribution in [2.75, 3.05) is 20.2 Å². The van der Waals surface area contributed by atoms with E-state index in [-0.39, 0.29) is 12.1 Å². The van der Waals surface area contributed by atoms with Gasteiger partial charge in [-0.15, -0.1) is 0 Å². The zero-order valence-electron chi connectivity index (χ0n) is 12.1. The number of nitrogens with one attached hydrogen (secondary N) is 1. The van der Waals surface area contributed by atoms with E-state index < -0.39 is 0 Å². The Hall–Kier alpha value is -0.770. The van der Waals surface area contributed by atoms with Crippen LogP contribution in [0, 0.1) is 0 Å². The van der Waals surface area contributed by atoms with Crippen LogP contribution in [0.1, 0.15) is 52.4 Å². The van der Waals surface area contributed by atoms with Gasteiger partial charge in [0.1, 0.15) is 0 Å². The molecular weight excluding hydrogens is 228 g/mol. The number of urea groups is 1. The first-order valence-corrected chi connectivity index (χ1v) is 7.23. The first-order chi connectivity index (χ1) is 8.61. The number of hydrogen-bond acceptors (Lipinski definition) is 2. The molecule has 1 N–H and O–H groups in total. The van der Waals surface area contributed by atoms with Gasteiger partial charge in [0.2, 0.25) is 0 Å². The second kappa shape index (κ2) is 8.35. The number of nitrogens with zero attached hydrogens (tertiary/aromatic N) is 1. The Balaban J connectivity index is 2.11. The van der Waals surface area contributed by atoms with Crippen LogP contribution in [-0.4, -0.2) is 43.3 Å². The van der Waals surface area contributed by atoms with Gasteiger partial charge in [0.05, 0.1) is 6.10 Å². The fourth-order valence-electron chi connectivity index (χ4n) is 2.35. The van der Waals surface area contributed by atoms with Gasteiger partial charge in [-0.3, -0.25) is 0 Å². The van der Waals surface area contributed by atoms with Gasteiger partial charge < -0.3 is 15.0 Å². The summed E-state index contributed by atoms with van der Waals surface area (Å²) < 4.78 is 5.44. The van der Waals surface area contributed by atoms with E-state index in [0.29, 0.717) is 19.2 Å². The Morgan fingerprint density at radius 2 is 2.00 bits per heavy atom. The first-order valence-electron chi connectivity index (χ1n) is 7.23. The lowest BCUT2D eigenvalue weighted by atomic mass is 9.95. The summed E-state index contributed by atoms with van der Waals surface area (Å²) in [5.74, 6) is 0. The molecule has 1 aliphatic carbocycles. The van der Waals surface area contributed by atoms with Crippen molar-refractivity contribution in [3.05, 3.63) is 0 Å². The molecular formula is C14H28N2O2. The van der Waals surface area contributed by atoms with Crippen molar-refractivity contribution in [3.63, 3.8) is 0 Å². The summed E-state index contributed by atoms with van der Waals surface area (Å²) in [6.45, 7) is 5.46. The minimum absolute atomic E-state index is 0.0615. The van der Waals surface area contributed by atoms with E-state index in [2.05, 4.69) is 5.32 Å². The third kappa shape index (κ3) is 5.71. The number of rotatable bonds is 6. The van der Waals surface area contributed by atoms with E-state index in [0.717, 1.165) is 19.3 Å². The lowest BCUT2D eigenvalue weighted by Gasteiger charge is -2.31. The molecule has 0 aromatic rings. The van der Waals surface area contributed by atoms with E-state index in [1.165, 1.54) is 19.3 Å². The van der Waals surface area contributed by atoms with Crippen molar-refractivity contribution in [1.29, 1.82) is 0 Å². The quantitative estimate of drug-likeness (QED) is 0.742. The first kappa shape index (κ1) is 15.3. The molecule has 0 aliphatic heterocycles. The van der Waals surface area contributed by atoms with Gasteiger partial charge in [-0.2, -0.15) is 0 Å². The van der Waals surface area contributed by atoms with Gasteiger partial charge in [0.25, 0.3) is 0 Å². The minimum atomic E-state index is 0.0615. The van der Waals surface area contributed by atoms with Crippen LogP contribution in [0.4, 0.5) is 4.79 Å². The second-order valence-electron chi connectivity index (χ2n) is 5.41. The Morgan fingerprint density at radius 1 is 1.33 bits per heavy atom. The molecule has 0 saturated heterocycles. The minimum Gasteiger partial charge on any atom is -0.379 e. The molecule has 106 valence electrons. The highest BCUT2D eigenvalue weighted by Crippen LogP contribution is 2.21. The van der Waals surface area contributed by atoms with Crippen LogP contribution in [0.3, 0.4) is 0 Å². The smallest absolute Gasteiger partial charge is 0.317 e. The molecule has 1 rings (SSSR count). The molecule has 1 saturated carbocycles. The second-order valence-corrected chi connectivity index (χ2v) is 5.41. The Morgan fingerprint density at radius 3 is 2.61 bits per heavy atom. The molecule has 0 heterocycles. The van der Waals surface area contributed by atoms with E-state index in [9.17, 15) is 4.79 Å². The Labute approximate surface area is 111 Å². The molecule has 0 spiro atoms. The van der Waals surface area contributed by atoms with Crippen LogP contribution < -0.4 is 5.32 Å². The van der Waals surface area contributed by atoms with E-state index >= 15 is 0 Å². The van der Waals surface area contributed by atoms with Crippen LogP contribution in [0.15, 0.2) is 0 Å². The predicted molar refractivity (Wildman–Crippen MR) is 73.7 cm³/mol. The van der Waals surface area contributed by atoms with Crippen LogP contribution in [-0.2, 0) is 4.74 Å². The maximum absolute atomic E-state index is 11.9. The molecule has 4 nitrogen and oxygen atoms in total.